The topological polar surface area (TPSA) is 45.4 Å². The summed E-state index contributed by atoms with van der Waals surface area (Å²) in [6.07, 6.45) is 2.04. The minimum Gasteiger partial charge on any atom is -0.494 e. The highest BCUT2D eigenvalue weighted by Gasteiger charge is 2.48. The Hall–Kier alpha value is -1.58. The van der Waals surface area contributed by atoms with Crippen LogP contribution in [0.1, 0.15) is 49.7 Å². The van der Waals surface area contributed by atoms with Gasteiger partial charge in [0.1, 0.15) is 0 Å². The van der Waals surface area contributed by atoms with Crippen molar-refractivity contribution in [1.82, 2.24) is 4.57 Å². The Kier molecular flexibility index (Phi) is 3.23. The van der Waals surface area contributed by atoms with Crippen LogP contribution in [0, 0.1) is 0 Å². The van der Waals surface area contributed by atoms with E-state index in [2.05, 4.69) is 13.8 Å². The zero-order valence-electron chi connectivity index (χ0n) is 12.9. The van der Waals surface area contributed by atoms with E-state index in [0.717, 1.165) is 24.0 Å². The molecule has 0 radical (unpaired) electrons. The number of benzene rings is 1. The quantitative estimate of drug-likeness (QED) is 0.667. The van der Waals surface area contributed by atoms with Crippen LogP contribution >= 0.6 is 23.2 Å². The van der Waals surface area contributed by atoms with E-state index in [1.165, 1.54) is 15.7 Å². The van der Waals surface area contributed by atoms with Gasteiger partial charge in [-0.05, 0) is 44.9 Å². The zero-order valence-corrected chi connectivity index (χ0v) is 14.4. The number of hydrogen-bond donors (Lipinski definition) is 2. The maximum Gasteiger partial charge on any atom is 0.202 e. The lowest BCUT2D eigenvalue weighted by Crippen LogP contribution is -1.98. The van der Waals surface area contributed by atoms with Gasteiger partial charge < -0.3 is 10.2 Å². The van der Waals surface area contributed by atoms with E-state index in [1.807, 2.05) is 0 Å². The molecule has 2 aromatic rings. The lowest BCUT2D eigenvalue weighted by molar-refractivity contribution is 0.397. The number of halogens is 2. The molecule has 0 aliphatic heterocycles. The summed E-state index contributed by atoms with van der Waals surface area (Å²) >= 11 is 12.1. The van der Waals surface area contributed by atoms with E-state index in [-0.39, 0.29) is 23.6 Å². The van der Waals surface area contributed by atoms with E-state index < -0.39 is 0 Å². The molecule has 2 bridgehead atoms. The molecular weight excluding hydrogens is 333 g/mol. The van der Waals surface area contributed by atoms with Gasteiger partial charge in [0.05, 0.1) is 5.69 Å². The molecule has 0 saturated heterocycles. The number of nitrogens with zero attached hydrogens (tertiary/aromatic N) is 1. The highest BCUT2D eigenvalue weighted by Crippen LogP contribution is 2.63. The minimum atomic E-state index is 0.0989. The van der Waals surface area contributed by atoms with Crippen molar-refractivity contribution in [1.29, 1.82) is 0 Å². The maximum atomic E-state index is 10.8. The van der Waals surface area contributed by atoms with Crippen molar-refractivity contribution in [3.63, 3.8) is 0 Å². The van der Waals surface area contributed by atoms with Gasteiger partial charge in [0.15, 0.2) is 0 Å². The van der Waals surface area contributed by atoms with Gasteiger partial charge in [-0.2, -0.15) is 0 Å². The largest absolute Gasteiger partial charge is 0.494 e. The normalized spacial score (nSPS) is 21.8. The van der Waals surface area contributed by atoms with Gasteiger partial charge in [0, 0.05) is 33.0 Å². The minimum absolute atomic E-state index is 0.0989. The predicted molar refractivity (Wildman–Crippen MR) is 92.2 cm³/mol. The number of fused-ring (bicyclic) bond motifs is 5. The second kappa shape index (κ2) is 4.96. The van der Waals surface area contributed by atoms with Crippen LogP contribution in [0.25, 0.3) is 5.69 Å². The number of aromatic nitrogens is 1. The van der Waals surface area contributed by atoms with Crippen molar-refractivity contribution < 1.29 is 10.2 Å². The maximum absolute atomic E-state index is 10.8. The Morgan fingerprint density at radius 1 is 0.957 bits per heavy atom. The first kappa shape index (κ1) is 15.0. The molecule has 3 nitrogen and oxygen atoms in total. The molecule has 2 aliphatic rings. The molecular formula is C18H17Cl2NO2. The summed E-state index contributed by atoms with van der Waals surface area (Å²) in [6.45, 7) is 4.21. The third-order valence-electron chi connectivity index (χ3n) is 5.07. The number of allylic oxidation sites excluding steroid dienone is 2. The fourth-order valence-corrected chi connectivity index (χ4v) is 4.88. The molecule has 120 valence electrons. The Bertz CT molecular complexity index is 805. The first-order valence-corrected chi connectivity index (χ1v) is 8.46. The van der Waals surface area contributed by atoms with E-state index in [0.29, 0.717) is 15.7 Å². The highest BCUT2D eigenvalue weighted by molar-refractivity contribution is 6.34. The van der Waals surface area contributed by atoms with Crippen LogP contribution in [0.4, 0.5) is 0 Å². The van der Waals surface area contributed by atoms with Gasteiger partial charge in [0.25, 0.3) is 0 Å². The molecule has 2 atom stereocenters. The predicted octanol–water partition coefficient (Wildman–Crippen LogP) is 5.51. The van der Waals surface area contributed by atoms with Gasteiger partial charge in [-0.1, -0.05) is 34.3 Å². The average molecular weight is 350 g/mol. The van der Waals surface area contributed by atoms with Crippen molar-refractivity contribution in [2.24, 2.45) is 0 Å². The fourth-order valence-electron chi connectivity index (χ4n) is 4.37. The molecule has 1 aromatic heterocycles. The summed E-state index contributed by atoms with van der Waals surface area (Å²) in [6, 6.07) is 5.00. The Labute approximate surface area is 144 Å². The molecule has 2 unspecified atom stereocenters. The summed E-state index contributed by atoms with van der Waals surface area (Å²) in [5, 5.41) is 22.5. The van der Waals surface area contributed by atoms with Crippen LogP contribution in [0.3, 0.4) is 0 Å². The number of hydrogen-bond acceptors (Lipinski definition) is 2. The van der Waals surface area contributed by atoms with Crippen molar-refractivity contribution in [3.8, 4) is 17.4 Å². The molecule has 0 spiro atoms. The molecule has 5 heteroatoms. The molecule has 2 N–H and O–H groups in total. The van der Waals surface area contributed by atoms with E-state index >= 15 is 0 Å². The molecule has 1 fully saturated rings. The third kappa shape index (κ3) is 1.96. The molecule has 4 rings (SSSR count). The van der Waals surface area contributed by atoms with E-state index in [4.69, 9.17) is 23.2 Å². The summed E-state index contributed by atoms with van der Waals surface area (Å²) < 4.78 is 1.45. The van der Waals surface area contributed by atoms with Crippen molar-refractivity contribution in [3.05, 3.63) is 50.5 Å². The highest BCUT2D eigenvalue weighted by atomic mass is 35.5. The van der Waals surface area contributed by atoms with E-state index in [1.54, 1.807) is 18.2 Å². The Balaban J connectivity index is 1.96. The zero-order chi connectivity index (χ0) is 16.5. The molecule has 0 amide bonds. The smallest absolute Gasteiger partial charge is 0.202 e. The summed E-state index contributed by atoms with van der Waals surface area (Å²) in [5.74, 6) is 0.618. The lowest BCUT2D eigenvalue weighted by Gasteiger charge is -2.13. The van der Waals surface area contributed by atoms with Crippen LogP contribution in [0.5, 0.6) is 11.8 Å². The first-order valence-electron chi connectivity index (χ1n) is 7.70. The fraction of sp³-hybridized carbons (Fsp3) is 0.333. The molecule has 2 aliphatic carbocycles. The second-order valence-corrected chi connectivity index (χ2v) is 7.45. The van der Waals surface area contributed by atoms with Crippen LogP contribution in [-0.4, -0.2) is 14.8 Å². The van der Waals surface area contributed by atoms with Crippen LogP contribution in [0.2, 0.25) is 10.0 Å². The standard InChI is InChI=1S/C18H17Cl2NO2/c1-8(2)14-12-3-4-13(14)16-15(12)17(22)21(18(16)23)11-6-9(19)5-10(20)7-11/h5-7,12-13,22-23H,3-4H2,1-2H3. The van der Waals surface area contributed by atoms with Crippen molar-refractivity contribution >= 4 is 23.2 Å². The summed E-state index contributed by atoms with van der Waals surface area (Å²) in [4.78, 5) is 0. The first-order chi connectivity index (χ1) is 10.9. The molecule has 23 heavy (non-hydrogen) atoms. The van der Waals surface area contributed by atoms with E-state index in [9.17, 15) is 10.2 Å². The molecule has 1 heterocycles. The average Bonchev–Trinajstić information content (AvgIpc) is 3.08. The summed E-state index contributed by atoms with van der Waals surface area (Å²) in [5.41, 5.74) is 4.95. The van der Waals surface area contributed by atoms with Crippen LogP contribution in [0.15, 0.2) is 29.3 Å². The van der Waals surface area contributed by atoms with Crippen LogP contribution < -0.4 is 0 Å². The third-order valence-corrected chi connectivity index (χ3v) is 5.51. The number of aromatic hydroxyl groups is 2. The SMILES string of the molecule is CC(C)=C1C2CCC1c1c2c(O)n(-c2cc(Cl)cc(Cl)c2)c1O. The summed E-state index contributed by atoms with van der Waals surface area (Å²) in [7, 11) is 0. The van der Waals surface area contributed by atoms with Crippen molar-refractivity contribution in [2.75, 3.05) is 0 Å². The second-order valence-electron chi connectivity index (χ2n) is 6.58. The molecule has 1 saturated carbocycles. The van der Waals surface area contributed by atoms with Gasteiger partial charge in [-0.3, -0.25) is 4.57 Å². The monoisotopic (exact) mass is 349 g/mol. The lowest BCUT2D eigenvalue weighted by atomic mass is 9.95. The molecule has 1 aromatic carbocycles. The van der Waals surface area contributed by atoms with Crippen LogP contribution in [-0.2, 0) is 0 Å². The van der Waals surface area contributed by atoms with Gasteiger partial charge in [-0.15, -0.1) is 0 Å². The van der Waals surface area contributed by atoms with Crippen molar-refractivity contribution in [2.45, 2.75) is 38.5 Å². The van der Waals surface area contributed by atoms with Gasteiger partial charge in [0.2, 0.25) is 11.8 Å². The van der Waals surface area contributed by atoms with Gasteiger partial charge >= 0.3 is 0 Å². The Morgan fingerprint density at radius 3 is 1.87 bits per heavy atom. The Morgan fingerprint density at radius 2 is 1.43 bits per heavy atom. The van der Waals surface area contributed by atoms with Gasteiger partial charge in [-0.25, -0.2) is 0 Å². The number of rotatable bonds is 1.